The van der Waals surface area contributed by atoms with Gasteiger partial charge < -0.3 is 15.3 Å². The topological polar surface area (TPSA) is 82.5 Å². The molecule has 2 amide bonds. The molecule has 2 rings (SSSR count). The maximum atomic E-state index is 12.0. The third kappa shape index (κ3) is 2.42. The normalized spacial score (nSPS) is 18.7. The average molecular weight is 249 g/mol. The summed E-state index contributed by atoms with van der Waals surface area (Å²) < 4.78 is 0. The Morgan fingerprint density at radius 1 is 1.56 bits per heavy atom. The fourth-order valence-electron chi connectivity index (χ4n) is 2.05. The van der Waals surface area contributed by atoms with Crippen LogP contribution in [0.15, 0.2) is 18.5 Å². The second-order valence-corrected chi connectivity index (χ2v) is 4.31. The van der Waals surface area contributed by atoms with E-state index in [1.165, 1.54) is 4.90 Å². The summed E-state index contributed by atoms with van der Waals surface area (Å²) in [5.41, 5.74) is 1.50. The van der Waals surface area contributed by atoms with Crippen LogP contribution in [0, 0.1) is 6.92 Å². The Morgan fingerprint density at radius 2 is 2.33 bits per heavy atom. The van der Waals surface area contributed by atoms with Crippen LogP contribution >= 0.6 is 0 Å². The maximum Gasteiger partial charge on any atom is 0.326 e. The predicted octanol–water partition coefficient (Wildman–Crippen LogP) is 1.47. The molecule has 1 unspecified atom stereocenters. The number of carbonyl (C=O) groups excluding carboxylic acids is 1. The zero-order chi connectivity index (χ0) is 13.1. The Bertz CT molecular complexity index is 475. The van der Waals surface area contributed by atoms with Gasteiger partial charge in [0, 0.05) is 12.7 Å². The highest BCUT2D eigenvalue weighted by atomic mass is 16.4. The van der Waals surface area contributed by atoms with Crippen LogP contribution in [-0.4, -0.2) is 39.6 Å². The predicted molar refractivity (Wildman–Crippen MR) is 65.4 cm³/mol. The number of rotatable bonds is 2. The molecule has 1 fully saturated rings. The molecule has 18 heavy (non-hydrogen) atoms. The highest BCUT2D eigenvalue weighted by Crippen LogP contribution is 2.20. The van der Waals surface area contributed by atoms with Gasteiger partial charge in [0.1, 0.15) is 6.04 Å². The molecule has 0 saturated carbocycles. The van der Waals surface area contributed by atoms with E-state index in [0.717, 1.165) is 12.0 Å². The minimum Gasteiger partial charge on any atom is -0.480 e. The molecule has 1 aromatic heterocycles. The number of aryl methyl sites for hydroxylation is 1. The summed E-state index contributed by atoms with van der Waals surface area (Å²) in [6, 6.07) is 0.687. The molecule has 6 nitrogen and oxygen atoms in total. The van der Waals surface area contributed by atoms with E-state index in [9.17, 15) is 9.59 Å². The van der Waals surface area contributed by atoms with Crippen molar-refractivity contribution < 1.29 is 14.7 Å². The standard InChI is InChI=1S/C12H15N3O3/c1-8-4-5-13-7-9(8)14-12(18)15-6-2-3-10(15)11(16)17/h4-5,7,10H,2-3,6H2,1H3,(H,14,18)(H,16,17). The van der Waals surface area contributed by atoms with Crippen molar-refractivity contribution in [2.24, 2.45) is 0 Å². The highest BCUT2D eigenvalue weighted by Gasteiger charge is 2.34. The molecule has 0 radical (unpaired) electrons. The number of hydrogen-bond donors (Lipinski definition) is 2. The van der Waals surface area contributed by atoms with Gasteiger partial charge >= 0.3 is 12.0 Å². The van der Waals surface area contributed by atoms with Crippen LogP contribution in [0.2, 0.25) is 0 Å². The van der Waals surface area contributed by atoms with Crippen LogP contribution in [-0.2, 0) is 4.79 Å². The van der Waals surface area contributed by atoms with E-state index >= 15 is 0 Å². The Kier molecular flexibility index (Phi) is 3.45. The molecule has 0 aromatic carbocycles. The molecule has 96 valence electrons. The Balaban J connectivity index is 2.08. The van der Waals surface area contributed by atoms with Crippen molar-refractivity contribution in [2.75, 3.05) is 11.9 Å². The van der Waals surface area contributed by atoms with Gasteiger partial charge in [-0.1, -0.05) is 0 Å². The lowest BCUT2D eigenvalue weighted by Crippen LogP contribution is -2.42. The molecule has 0 bridgehead atoms. The lowest BCUT2D eigenvalue weighted by Gasteiger charge is -2.22. The molecule has 1 saturated heterocycles. The summed E-state index contributed by atoms with van der Waals surface area (Å²) in [5.74, 6) is -0.953. The number of nitrogens with zero attached hydrogens (tertiary/aromatic N) is 2. The lowest BCUT2D eigenvalue weighted by atomic mass is 10.2. The number of nitrogens with one attached hydrogen (secondary N) is 1. The number of carboxylic acids is 1. The number of urea groups is 1. The van der Waals surface area contributed by atoms with Crippen LogP contribution in [0.4, 0.5) is 10.5 Å². The SMILES string of the molecule is Cc1ccncc1NC(=O)N1CCCC1C(=O)O. The van der Waals surface area contributed by atoms with Crippen molar-refractivity contribution in [2.45, 2.75) is 25.8 Å². The first-order valence-electron chi connectivity index (χ1n) is 5.80. The fourth-order valence-corrected chi connectivity index (χ4v) is 2.05. The minimum absolute atomic E-state index is 0.379. The largest absolute Gasteiger partial charge is 0.480 e. The zero-order valence-corrected chi connectivity index (χ0v) is 10.1. The number of amides is 2. The second kappa shape index (κ2) is 5.03. The van der Waals surface area contributed by atoms with E-state index < -0.39 is 12.0 Å². The van der Waals surface area contributed by atoms with Gasteiger partial charge in [0.05, 0.1) is 11.9 Å². The fraction of sp³-hybridized carbons (Fsp3) is 0.417. The Hall–Kier alpha value is -2.11. The van der Waals surface area contributed by atoms with Gasteiger partial charge in [0.25, 0.3) is 0 Å². The first kappa shape index (κ1) is 12.3. The van der Waals surface area contributed by atoms with Crippen LogP contribution in [0.1, 0.15) is 18.4 Å². The molecule has 0 spiro atoms. The molecule has 1 atom stereocenters. The summed E-state index contributed by atoms with van der Waals surface area (Å²) in [5, 5.41) is 11.7. The monoisotopic (exact) mass is 249 g/mol. The van der Waals surface area contributed by atoms with Gasteiger partial charge in [-0.25, -0.2) is 9.59 Å². The number of carboxylic acid groups (broad SMARTS) is 1. The molecule has 6 heteroatoms. The van der Waals surface area contributed by atoms with E-state index in [2.05, 4.69) is 10.3 Å². The molecule has 1 aromatic rings. The molecule has 1 aliphatic heterocycles. The van der Waals surface area contributed by atoms with Crippen molar-refractivity contribution >= 4 is 17.7 Å². The van der Waals surface area contributed by atoms with Crippen molar-refractivity contribution in [3.8, 4) is 0 Å². The Labute approximate surface area is 105 Å². The van der Waals surface area contributed by atoms with Gasteiger partial charge in [-0.05, 0) is 31.4 Å². The number of carbonyl (C=O) groups is 2. The molecule has 0 aliphatic carbocycles. The number of anilines is 1. The summed E-state index contributed by atoms with van der Waals surface area (Å²) >= 11 is 0. The Morgan fingerprint density at radius 3 is 3.00 bits per heavy atom. The third-order valence-electron chi connectivity index (χ3n) is 3.08. The summed E-state index contributed by atoms with van der Waals surface area (Å²) in [7, 11) is 0. The van der Waals surface area contributed by atoms with Crippen molar-refractivity contribution in [3.63, 3.8) is 0 Å². The van der Waals surface area contributed by atoms with Crippen LogP contribution in [0.3, 0.4) is 0 Å². The minimum atomic E-state index is -0.953. The van der Waals surface area contributed by atoms with Crippen molar-refractivity contribution in [3.05, 3.63) is 24.0 Å². The van der Waals surface area contributed by atoms with Crippen LogP contribution in [0.25, 0.3) is 0 Å². The lowest BCUT2D eigenvalue weighted by molar-refractivity contribution is -0.141. The maximum absolute atomic E-state index is 12.0. The van der Waals surface area contributed by atoms with Crippen molar-refractivity contribution in [1.82, 2.24) is 9.88 Å². The molecule has 1 aliphatic rings. The van der Waals surface area contributed by atoms with E-state index in [4.69, 9.17) is 5.11 Å². The number of hydrogen-bond acceptors (Lipinski definition) is 3. The number of likely N-dealkylation sites (tertiary alicyclic amines) is 1. The van der Waals surface area contributed by atoms with E-state index in [0.29, 0.717) is 18.7 Å². The summed E-state index contributed by atoms with van der Waals surface area (Å²) in [6.07, 6.45) is 4.42. The van der Waals surface area contributed by atoms with Gasteiger partial charge in [-0.3, -0.25) is 4.98 Å². The number of aromatic nitrogens is 1. The quantitative estimate of drug-likeness (QED) is 0.831. The smallest absolute Gasteiger partial charge is 0.326 e. The zero-order valence-electron chi connectivity index (χ0n) is 10.1. The average Bonchev–Trinajstić information content (AvgIpc) is 2.81. The van der Waals surface area contributed by atoms with E-state index in [1.54, 1.807) is 18.5 Å². The number of aliphatic carboxylic acids is 1. The highest BCUT2D eigenvalue weighted by molar-refractivity contribution is 5.93. The summed E-state index contributed by atoms with van der Waals surface area (Å²) in [4.78, 5) is 28.3. The third-order valence-corrected chi connectivity index (χ3v) is 3.08. The second-order valence-electron chi connectivity index (χ2n) is 4.31. The van der Waals surface area contributed by atoms with Crippen molar-refractivity contribution in [1.29, 1.82) is 0 Å². The van der Waals surface area contributed by atoms with Gasteiger partial charge in [-0.15, -0.1) is 0 Å². The van der Waals surface area contributed by atoms with Crippen LogP contribution < -0.4 is 5.32 Å². The molecular weight excluding hydrogens is 234 g/mol. The molecular formula is C12H15N3O3. The van der Waals surface area contributed by atoms with Crippen LogP contribution in [0.5, 0.6) is 0 Å². The molecule has 2 N–H and O–H groups in total. The number of pyridine rings is 1. The van der Waals surface area contributed by atoms with Gasteiger partial charge in [0.2, 0.25) is 0 Å². The summed E-state index contributed by atoms with van der Waals surface area (Å²) in [6.45, 7) is 2.33. The van der Waals surface area contributed by atoms with Gasteiger partial charge in [0.15, 0.2) is 0 Å². The van der Waals surface area contributed by atoms with E-state index in [-0.39, 0.29) is 6.03 Å². The molecule has 2 heterocycles. The van der Waals surface area contributed by atoms with Gasteiger partial charge in [-0.2, -0.15) is 0 Å². The first-order chi connectivity index (χ1) is 8.59. The first-order valence-corrected chi connectivity index (χ1v) is 5.80. The van der Waals surface area contributed by atoms with E-state index in [1.807, 2.05) is 6.92 Å².